The lowest BCUT2D eigenvalue weighted by atomic mass is 10.0. The molecule has 16 rings (SSSR count). The third-order valence-electron chi connectivity index (χ3n) is 21.3. The SMILES string of the molecule is O=C(NO)c1ccc(N2CCC(NS(=O)(=O)c3ccc(-c4ccccc4)cc3)CC2)cc1.O=C(NO)c1ccc(N2CCC(NS(=O)(=O)c3ccc(-c4ccccc4)cc3)CC2)nc1.O=C(NO)c1ccc(N2CCC(NS(=O)(=O)c3ccc4ccccc4c3)C2)cc1.O=C(NO)c1ccc(N2CCC(NS(=O)(=O)c3ccc4ccccc4c3)C2)nc1. The summed E-state index contributed by atoms with van der Waals surface area (Å²) in [6, 6.07) is 78.5. The molecule has 4 aliphatic heterocycles. The summed E-state index contributed by atoms with van der Waals surface area (Å²) in [7, 11) is -14.5. The highest BCUT2D eigenvalue weighted by atomic mass is 32.2. The van der Waals surface area contributed by atoms with Crippen molar-refractivity contribution in [3.63, 3.8) is 0 Å². The lowest BCUT2D eigenvalue weighted by molar-refractivity contribution is 0.0701. The molecule has 122 heavy (non-hydrogen) atoms. The van der Waals surface area contributed by atoms with Crippen molar-refractivity contribution < 1.29 is 73.7 Å². The number of amides is 4. The Hall–Kier alpha value is -12.4. The number of pyridine rings is 2. The number of nitrogens with one attached hydrogen (secondary N) is 8. The third kappa shape index (κ3) is 22.4. The third-order valence-corrected chi connectivity index (χ3v) is 27.4. The number of fused-ring (bicyclic) bond motifs is 2. The second-order valence-corrected chi connectivity index (χ2v) is 36.2. The minimum Gasteiger partial charge on any atom is -0.371 e. The van der Waals surface area contributed by atoms with E-state index in [2.05, 4.69) is 38.7 Å². The predicted molar refractivity (Wildman–Crippen MR) is 463 cm³/mol. The van der Waals surface area contributed by atoms with Gasteiger partial charge in [-0.05, 0) is 204 Å². The van der Waals surface area contributed by atoms with Crippen LogP contribution in [-0.4, -0.2) is 165 Å². The first-order valence-electron chi connectivity index (χ1n) is 39.1. The Kier molecular flexibility index (Phi) is 28.5. The molecule has 0 saturated carbocycles. The molecule has 0 aliphatic carbocycles. The van der Waals surface area contributed by atoms with Gasteiger partial charge in [0.05, 0.1) is 30.7 Å². The van der Waals surface area contributed by atoms with Gasteiger partial charge in [0.1, 0.15) is 11.6 Å². The van der Waals surface area contributed by atoms with Crippen LogP contribution in [0.15, 0.2) is 299 Å². The molecular formula is C88H90N14O16S4. The molecule has 4 amide bonds. The van der Waals surface area contributed by atoms with E-state index in [0.717, 1.165) is 55.2 Å². The Morgan fingerprint density at radius 3 is 0.951 bits per heavy atom. The van der Waals surface area contributed by atoms with E-state index in [1.165, 1.54) is 12.4 Å². The van der Waals surface area contributed by atoms with Gasteiger partial charge in [0.25, 0.3) is 23.6 Å². The van der Waals surface area contributed by atoms with Crippen molar-refractivity contribution in [3.8, 4) is 22.3 Å². The van der Waals surface area contributed by atoms with E-state index in [-0.39, 0.29) is 54.9 Å². The molecule has 12 aromatic rings. The van der Waals surface area contributed by atoms with Gasteiger partial charge in [0, 0.05) is 111 Å². The zero-order chi connectivity index (χ0) is 86.0. The monoisotopic (exact) mass is 1730 g/mol. The molecule has 0 spiro atoms. The average Bonchev–Trinajstić information content (AvgIpc) is 1.56. The van der Waals surface area contributed by atoms with E-state index < -0.39 is 63.7 Å². The maximum absolute atomic E-state index is 12.8. The van der Waals surface area contributed by atoms with Gasteiger partial charge in [0.2, 0.25) is 40.1 Å². The number of benzene rings is 10. The standard InChI is InChI=1S/C24H25N3O4S.C23H24N4O4S.C21H21N3O4S.C20H20N4O4S/c28-24(25-29)20-6-10-22(11-7-20)27-16-14-21(15-17-27)26-32(30,31)23-12-8-19(9-13-23)18-4-2-1-3-5-18;28-23(25-29)19-8-11-22(24-16-19)27-14-12-20(13-15-27)26-32(30,31)21-9-6-18(7-10-21)17-4-2-1-3-5-17;25-21(22-26)16-5-8-19(9-6-16)24-12-11-18(14-24)23-29(27,28)20-10-7-15-3-1-2-4-17(15)13-20;25-20(22-26)16-6-8-19(21-12-16)24-10-9-17(13-24)23-29(27,28)18-7-5-14-3-1-2-4-15(14)11-18/h1-13,21,26,29H,14-17H2,(H,25,28);1-11,16,20,26,29H,12-15H2,(H,25,28);1-10,13,18,23,26H,11-12,14H2,(H,22,25);1-8,11-12,17,23,26H,9-10,13H2,(H,22,25). The second-order valence-electron chi connectivity index (χ2n) is 29.3. The molecule has 2 atom stereocenters. The molecule has 4 saturated heterocycles. The topological polar surface area (TPSA) is 421 Å². The van der Waals surface area contributed by atoms with Crippen LogP contribution in [0.2, 0.25) is 0 Å². The molecule has 632 valence electrons. The maximum atomic E-state index is 12.8. The zero-order valence-corrected chi connectivity index (χ0v) is 69.0. The molecule has 10 aromatic carbocycles. The van der Waals surface area contributed by atoms with Gasteiger partial charge < -0.3 is 19.6 Å². The van der Waals surface area contributed by atoms with Crippen molar-refractivity contribution in [2.24, 2.45) is 0 Å². The number of nitrogens with zero attached hydrogens (tertiary/aromatic N) is 6. The fraction of sp³-hybridized carbons (Fsp3) is 0.205. The molecule has 30 nitrogen and oxygen atoms in total. The van der Waals surface area contributed by atoms with Crippen LogP contribution in [0.25, 0.3) is 43.8 Å². The molecule has 0 radical (unpaired) electrons. The summed E-state index contributed by atoms with van der Waals surface area (Å²) in [6.45, 7) is 5.04. The van der Waals surface area contributed by atoms with Crippen LogP contribution in [0.3, 0.4) is 0 Å². The van der Waals surface area contributed by atoms with Crippen LogP contribution in [-0.2, 0) is 40.1 Å². The summed E-state index contributed by atoms with van der Waals surface area (Å²) >= 11 is 0. The van der Waals surface area contributed by atoms with E-state index in [9.17, 15) is 52.8 Å². The van der Waals surface area contributed by atoms with E-state index in [1.54, 1.807) is 137 Å². The van der Waals surface area contributed by atoms with Crippen molar-refractivity contribution in [1.82, 2.24) is 50.8 Å². The minimum atomic E-state index is -3.64. The van der Waals surface area contributed by atoms with Crippen molar-refractivity contribution in [1.29, 1.82) is 0 Å². The van der Waals surface area contributed by atoms with Gasteiger partial charge in [-0.3, -0.25) is 40.0 Å². The molecule has 12 N–H and O–H groups in total. The number of carbonyl (C=O) groups is 4. The molecule has 4 fully saturated rings. The van der Waals surface area contributed by atoms with Crippen molar-refractivity contribution in [3.05, 3.63) is 302 Å². The highest BCUT2D eigenvalue weighted by molar-refractivity contribution is 7.90. The smallest absolute Gasteiger partial charge is 0.276 e. The molecule has 34 heteroatoms. The molecular weight excluding hydrogens is 1640 g/mol. The van der Waals surface area contributed by atoms with Crippen LogP contribution in [0, 0.1) is 0 Å². The van der Waals surface area contributed by atoms with E-state index in [4.69, 9.17) is 20.8 Å². The first-order valence-corrected chi connectivity index (χ1v) is 45.1. The number of hydrogen-bond donors (Lipinski definition) is 12. The largest absolute Gasteiger partial charge is 0.371 e. The van der Waals surface area contributed by atoms with Gasteiger partial charge in [-0.25, -0.2) is 84.4 Å². The Bertz CT molecular complexity index is 5740. The average molecular weight is 1730 g/mol. The first-order chi connectivity index (χ1) is 58.8. The Morgan fingerprint density at radius 1 is 0.279 bits per heavy atom. The highest BCUT2D eigenvalue weighted by Gasteiger charge is 2.32. The second kappa shape index (κ2) is 39.8. The van der Waals surface area contributed by atoms with Crippen LogP contribution in [0.4, 0.5) is 23.0 Å². The van der Waals surface area contributed by atoms with Gasteiger partial charge in [-0.15, -0.1) is 0 Å². The van der Waals surface area contributed by atoms with Crippen LogP contribution < -0.4 is 60.4 Å². The van der Waals surface area contributed by atoms with Crippen LogP contribution in [0.1, 0.15) is 80.0 Å². The van der Waals surface area contributed by atoms with Gasteiger partial charge >= 0.3 is 0 Å². The summed E-state index contributed by atoms with van der Waals surface area (Å²) in [5.41, 5.74) is 13.4. The summed E-state index contributed by atoms with van der Waals surface area (Å²) in [5, 5.41) is 38.5. The van der Waals surface area contributed by atoms with Crippen molar-refractivity contribution in [2.45, 2.75) is 82.3 Å². The maximum Gasteiger partial charge on any atom is 0.276 e. The number of piperidine rings is 2. The van der Waals surface area contributed by atoms with Crippen LogP contribution in [0.5, 0.6) is 0 Å². The fourth-order valence-corrected chi connectivity index (χ4v) is 19.9. The highest BCUT2D eigenvalue weighted by Crippen LogP contribution is 2.30. The molecule has 6 heterocycles. The summed E-state index contributed by atoms with van der Waals surface area (Å²) in [6.07, 6.45) is 6.74. The van der Waals surface area contributed by atoms with E-state index in [1.807, 2.05) is 161 Å². The first kappa shape index (κ1) is 87.4. The van der Waals surface area contributed by atoms with Crippen molar-refractivity contribution >= 4 is 108 Å². The minimum absolute atomic E-state index is 0.135. The lowest BCUT2D eigenvalue weighted by Crippen LogP contribution is -2.44. The number of hydrogen-bond acceptors (Lipinski definition) is 22. The number of aromatic nitrogens is 2. The number of anilines is 4. The summed E-state index contributed by atoms with van der Waals surface area (Å²) < 4.78 is 114. The fourth-order valence-electron chi connectivity index (χ4n) is 14.7. The Morgan fingerprint density at radius 2 is 0.566 bits per heavy atom. The van der Waals surface area contributed by atoms with E-state index >= 15 is 0 Å². The Balaban J connectivity index is 0.000000140. The van der Waals surface area contributed by atoms with Gasteiger partial charge in [-0.1, -0.05) is 146 Å². The number of hydroxylamine groups is 4. The molecule has 4 aliphatic rings. The zero-order valence-electron chi connectivity index (χ0n) is 65.8. The summed E-state index contributed by atoms with van der Waals surface area (Å²) in [5.74, 6) is -1.02. The quantitative estimate of drug-likeness (QED) is 0.0221. The van der Waals surface area contributed by atoms with Crippen LogP contribution >= 0.6 is 0 Å². The van der Waals surface area contributed by atoms with E-state index in [0.29, 0.717) is 114 Å². The lowest BCUT2D eigenvalue weighted by Gasteiger charge is -2.33. The number of rotatable bonds is 22. The summed E-state index contributed by atoms with van der Waals surface area (Å²) in [4.78, 5) is 63.4. The number of sulfonamides is 4. The van der Waals surface area contributed by atoms with Gasteiger partial charge in [0.15, 0.2) is 0 Å². The molecule has 2 unspecified atom stereocenters. The van der Waals surface area contributed by atoms with Crippen molar-refractivity contribution in [2.75, 3.05) is 72.0 Å². The molecule has 0 bridgehead atoms. The predicted octanol–water partition coefficient (Wildman–Crippen LogP) is 10.7. The normalized spacial score (nSPS) is 15.8. The number of carbonyl (C=O) groups excluding carboxylic acids is 4. The Labute approximate surface area is 706 Å². The van der Waals surface area contributed by atoms with Gasteiger partial charge in [-0.2, -0.15) is 0 Å². The molecule has 2 aromatic heterocycles.